The van der Waals surface area contributed by atoms with Crippen molar-refractivity contribution in [2.45, 2.75) is 41.8 Å². The molecule has 3 aromatic rings. The zero-order valence-electron chi connectivity index (χ0n) is 15.6. The van der Waals surface area contributed by atoms with E-state index in [9.17, 15) is 8.42 Å². The van der Waals surface area contributed by atoms with Crippen LogP contribution in [0.2, 0.25) is 0 Å². The summed E-state index contributed by atoms with van der Waals surface area (Å²) in [4.78, 5) is 4.53. The second kappa shape index (κ2) is 7.61. The molecule has 8 nitrogen and oxygen atoms in total. The second-order valence-electron chi connectivity index (χ2n) is 6.71. The number of aryl methyl sites for hydroxylation is 2. The van der Waals surface area contributed by atoms with Crippen molar-refractivity contribution < 1.29 is 8.42 Å². The molecule has 146 valence electrons. The molecule has 3 heterocycles. The van der Waals surface area contributed by atoms with Crippen LogP contribution >= 0.6 is 11.8 Å². The molecule has 1 saturated heterocycles. The molecule has 1 fully saturated rings. The Hall–Kier alpha value is -2.30. The van der Waals surface area contributed by atoms with Crippen molar-refractivity contribution in [3.63, 3.8) is 0 Å². The van der Waals surface area contributed by atoms with Gasteiger partial charge in [-0.15, -0.1) is 5.10 Å². The number of pyridine rings is 1. The lowest BCUT2D eigenvalue weighted by Crippen LogP contribution is -2.27. The van der Waals surface area contributed by atoms with E-state index in [1.54, 1.807) is 16.8 Å². The number of hydrogen-bond acceptors (Lipinski definition) is 7. The van der Waals surface area contributed by atoms with Crippen LogP contribution in [0.3, 0.4) is 0 Å². The summed E-state index contributed by atoms with van der Waals surface area (Å²) in [5.74, 6) is 0. The number of rotatable bonds is 5. The average Bonchev–Trinajstić information content (AvgIpc) is 3.37. The van der Waals surface area contributed by atoms with Gasteiger partial charge in [0.05, 0.1) is 5.69 Å². The number of hydrogen-bond donors (Lipinski definition) is 0. The maximum absolute atomic E-state index is 12.6. The topological polar surface area (TPSA) is 93.9 Å². The van der Waals surface area contributed by atoms with E-state index in [1.165, 1.54) is 22.3 Å². The fourth-order valence-corrected chi connectivity index (χ4v) is 5.28. The highest BCUT2D eigenvalue weighted by molar-refractivity contribution is 7.99. The number of nitrogens with zero attached hydrogens (tertiary/aromatic N) is 6. The molecular formula is C18H20N6O2S2. The van der Waals surface area contributed by atoms with E-state index >= 15 is 0 Å². The van der Waals surface area contributed by atoms with Gasteiger partial charge in [0.15, 0.2) is 0 Å². The molecule has 0 bridgehead atoms. The minimum atomic E-state index is -3.46. The van der Waals surface area contributed by atoms with Gasteiger partial charge in [0.2, 0.25) is 15.2 Å². The van der Waals surface area contributed by atoms with Crippen LogP contribution < -0.4 is 0 Å². The summed E-state index contributed by atoms with van der Waals surface area (Å²) in [5, 5.41) is 13.2. The molecule has 0 N–H and O–H groups in total. The third-order valence-electron chi connectivity index (χ3n) is 4.64. The van der Waals surface area contributed by atoms with Gasteiger partial charge in [-0.05, 0) is 78.2 Å². The fourth-order valence-electron chi connectivity index (χ4n) is 3.09. The molecule has 0 amide bonds. The molecule has 4 rings (SSSR count). The standard InChI is InChI=1S/C18H20N6O2S2/c1-13-5-6-14(2)16(11-13)24-18(20-21-22-24)27-17-8-7-15(12-19-17)28(25,26)23-9-3-4-10-23/h5-8,11-12H,3-4,9-10H2,1-2H3. The summed E-state index contributed by atoms with van der Waals surface area (Å²) in [6.45, 7) is 5.16. The molecular weight excluding hydrogens is 396 g/mol. The van der Waals surface area contributed by atoms with E-state index in [1.807, 2.05) is 32.0 Å². The third kappa shape index (κ3) is 3.67. The summed E-state index contributed by atoms with van der Waals surface area (Å²) in [7, 11) is -3.46. The Morgan fingerprint density at radius 3 is 2.57 bits per heavy atom. The van der Waals surface area contributed by atoms with Crippen molar-refractivity contribution in [1.29, 1.82) is 0 Å². The normalized spacial score (nSPS) is 15.2. The molecule has 1 aliphatic heterocycles. The predicted molar refractivity (Wildman–Crippen MR) is 105 cm³/mol. The molecule has 0 aliphatic carbocycles. The fraction of sp³-hybridized carbons (Fsp3) is 0.333. The third-order valence-corrected chi connectivity index (χ3v) is 7.41. The highest BCUT2D eigenvalue weighted by Gasteiger charge is 2.27. The highest BCUT2D eigenvalue weighted by Crippen LogP contribution is 2.28. The summed E-state index contributed by atoms with van der Waals surface area (Å²) < 4.78 is 28.4. The SMILES string of the molecule is Cc1ccc(C)c(-n2nnnc2Sc2ccc(S(=O)(=O)N3CCCC3)cn2)c1. The van der Waals surface area contributed by atoms with Gasteiger partial charge in [-0.1, -0.05) is 12.1 Å². The van der Waals surface area contributed by atoms with Crippen molar-refractivity contribution in [3.05, 3.63) is 47.7 Å². The molecule has 1 aromatic carbocycles. The van der Waals surface area contributed by atoms with Crippen molar-refractivity contribution in [1.82, 2.24) is 29.5 Å². The molecule has 2 aromatic heterocycles. The first kappa shape index (κ1) is 19.0. The summed E-state index contributed by atoms with van der Waals surface area (Å²) in [5.41, 5.74) is 3.07. The molecule has 0 saturated carbocycles. The number of benzene rings is 1. The van der Waals surface area contributed by atoms with Gasteiger partial charge in [0.1, 0.15) is 9.92 Å². The summed E-state index contributed by atoms with van der Waals surface area (Å²) in [6, 6.07) is 9.37. The zero-order valence-corrected chi connectivity index (χ0v) is 17.2. The number of aromatic nitrogens is 5. The van der Waals surface area contributed by atoms with Gasteiger partial charge in [0.25, 0.3) is 0 Å². The van der Waals surface area contributed by atoms with E-state index in [0.29, 0.717) is 23.3 Å². The molecule has 0 unspecified atom stereocenters. The average molecular weight is 417 g/mol. The lowest BCUT2D eigenvalue weighted by atomic mass is 10.1. The van der Waals surface area contributed by atoms with E-state index in [2.05, 4.69) is 20.5 Å². The van der Waals surface area contributed by atoms with Crippen LogP contribution in [0.4, 0.5) is 0 Å². The number of tetrazole rings is 1. The van der Waals surface area contributed by atoms with Gasteiger partial charge in [-0.25, -0.2) is 13.4 Å². The van der Waals surface area contributed by atoms with Crippen molar-refractivity contribution >= 4 is 21.8 Å². The highest BCUT2D eigenvalue weighted by atomic mass is 32.2. The Balaban J connectivity index is 1.58. The molecule has 28 heavy (non-hydrogen) atoms. The number of sulfonamides is 1. The minimum Gasteiger partial charge on any atom is -0.248 e. The molecule has 1 aliphatic rings. The van der Waals surface area contributed by atoms with Crippen LogP contribution in [-0.2, 0) is 10.0 Å². The smallest absolute Gasteiger partial charge is 0.244 e. The van der Waals surface area contributed by atoms with Crippen LogP contribution in [0.1, 0.15) is 24.0 Å². The maximum Gasteiger partial charge on any atom is 0.244 e. The minimum absolute atomic E-state index is 0.216. The van der Waals surface area contributed by atoms with Gasteiger partial charge >= 0.3 is 0 Å². The molecule has 0 atom stereocenters. The van der Waals surface area contributed by atoms with Crippen LogP contribution in [0.5, 0.6) is 0 Å². The van der Waals surface area contributed by atoms with Crippen molar-refractivity contribution in [2.75, 3.05) is 13.1 Å². The summed E-state index contributed by atoms with van der Waals surface area (Å²) in [6.07, 6.45) is 3.21. The lowest BCUT2D eigenvalue weighted by Gasteiger charge is -2.15. The Morgan fingerprint density at radius 2 is 1.86 bits per heavy atom. The zero-order chi connectivity index (χ0) is 19.7. The van der Waals surface area contributed by atoms with Gasteiger partial charge in [-0.2, -0.15) is 8.99 Å². The first-order valence-electron chi connectivity index (χ1n) is 8.95. The first-order chi connectivity index (χ1) is 13.4. The van der Waals surface area contributed by atoms with Crippen LogP contribution in [0.15, 0.2) is 51.6 Å². The lowest BCUT2D eigenvalue weighted by molar-refractivity contribution is 0.477. The molecule has 10 heteroatoms. The van der Waals surface area contributed by atoms with Crippen molar-refractivity contribution in [2.24, 2.45) is 0 Å². The van der Waals surface area contributed by atoms with Crippen molar-refractivity contribution in [3.8, 4) is 5.69 Å². The van der Waals surface area contributed by atoms with Gasteiger partial charge < -0.3 is 0 Å². The Bertz CT molecular complexity index is 1090. The Kier molecular flexibility index (Phi) is 5.17. The largest absolute Gasteiger partial charge is 0.248 e. The second-order valence-corrected chi connectivity index (χ2v) is 9.63. The van der Waals surface area contributed by atoms with E-state index in [4.69, 9.17) is 0 Å². The van der Waals surface area contributed by atoms with Gasteiger partial charge in [0, 0.05) is 19.3 Å². The van der Waals surface area contributed by atoms with Crippen LogP contribution in [0.25, 0.3) is 5.69 Å². The summed E-state index contributed by atoms with van der Waals surface area (Å²) >= 11 is 1.29. The van der Waals surface area contributed by atoms with E-state index in [-0.39, 0.29) is 4.90 Å². The quantitative estimate of drug-likeness (QED) is 0.631. The Labute approximate surface area is 168 Å². The monoisotopic (exact) mass is 416 g/mol. The predicted octanol–water partition coefficient (Wildman–Crippen LogP) is 2.61. The van der Waals surface area contributed by atoms with Crippen LogP contribution in [-0.4, -0.2) is 51.0 Å². The van der Waals surface area contributed by atoms with Crippen LogP contribution in [0, 0.1) is 13.8 Å². The van der Waals surface area contributed by atoms with E-state index < -0.39 is 10.0 Å². The Morgan fingerprint density at radius 1 is 1.07 bits per heavy atom. The molecule has 0 radical (unpaired) electrons. The van der Waals surface area contributed by atoms with Gasteiger partial charge in [-0.3, -0.25) is 0 Å². The first-order valence-corrected chi connectivity index (χ1v) is 11.2. The maximum atomic E-state index is 12.6. The van der Waals surface area contributed by atoms with E-state index in [0.717, 1.165) is 29.7 Å². The molecule has 0 spiro atoms.